The highest BCUT2D eigenvalue weighted by atomic mass is 32.2. The largest absolute Gasteiger partial charge is 0.300 e. The number of hydrogen-bond donors (Lipinski definition) is 0. The summed E-state index contributed by atoms with van der Waals surface area (Å²) >= 11 is 1.52. The molecule has 1 saturated heterocycles. The molecule has 7 heteroatoms. The number of sulfonamides is 1. The minimum absolute atomic E-state index is 0.450. The van der Waals surface area contributed by atoms with Crippen LogP contribution < -0.4 is 0 Å². The summed E-state index contributed by atoms with van der Waals surface area (Å²) < 4.78 is 26.8. The molecule has 2 heterocycles. The molecule has 1 aliphatic heterocycles. The first-order valence-electron chi connectivity index (χ1n) is 6.61. The summed E-state index contributed by atoms with van der Waals surface area (Å²) in [5, 5.41) is 8.58. The predicted octanol–water partition coefficient (Wildman–Crippen LogP) is 1.58. The van der Waals surface area contributed by atoms with E-state index in [0.29, 0.717) is 37.5 Å². The van der Waals surface area contributed by atoms with Crippen molar-refractivity contribution in [3.63, 3.8) is 0 Å². The third-order valence-electron chi connectivity index (χ3n) is 3.48. The number of piperazine rings is 1. The molecular weight excluding hydrogens is 294 g/mol. The summed E-state index contributed by atoms with van der Waals surface area (Å²) in [6.07, 6.45) is 0.496. The lowest BCUT2D eigenvalue weighted by Crippen LogP contribution is -2.48. The zero-order valence-electron chi connectivity index (χ0n) is 11.8. The van der Waals surface area contributed by atoms with Gasteiger partial charge in [-0.3, -0.25) is 4.90 Å². The fourth-order valence-electron chi connectivity index (χ4n) is 2.40. The Kier molecular flexibility index (Phi) is 4.81. The highest BCUT2D eigenvalue weighted by Crippen LogP contribution is 2.28. The predicted molar refractivity (Wildman–Crippen MR) is 79.2 cm³/mol. The monoisotopic (exact) mass is 313 g/mol. The van der Waals surface area contributed by atoms with E-state index >= 15 is 0 Å². The van der Waals surface area contributed by atoms with Crippen molar-refractivity contribution in [3.05, 3.63) is 15.8 Å². The van der Waals surface area contributed by atoms with Gasteiger partial charge < -0.3 is 0 Å². The van der Waals surface area contributed by atoms with Gasteiger partial charge in [0.15, 0.2) is 0 Å². The molecule has 0 unspecified atom stereocenters. The molecule has 1 aromatic rings. The standard InChI is InChI=1S/C13H19N3O2S2/c1-11-10-13(12(2)19-11)20(17,18)16-8-6-15(7-9-16)5-3-4-14/h10H,3,5-9H2,1-2H3. The normalized spacial score (nSPS) is 18.1. The number of thiophene rings is 1. The van der Waals surface area contributed by atoms with Gasteiger partial charge in [-0.25, -0.2) is 8.42 Å². The lowest BCUT2D eigenvalue weighted by Gasteiger charge is -2.33. The van der Waals surface area contributed by atoms with E-state index in [1.54, 1.807) is 10.4 Å². The van der Waals surface area contributed by atoms with Gasteiger partial charge in [0.1, 0.15) is 0 Å². The van der Waals surface area contributed by atoms with Crippen molar-refractivity contribution in [1.82, 2.24) is 9.21 Å². The van der Waals surface area contributed by atoms with Crippen LogP contribution in [0.15, 0.2) is 11.0 Å². The molecule has 0 N–H and O–H groups in total. The fraction of sp³-hybridized carbons (Fsp3) is 0.615. The van der Waals surface area contributed by atoms with Gasteiger partial charge in [0.25, 0.3) is 0 Å². The van der Waals surface area contributed by atoms with Crippen molar-refractivity contribution in [2.45, 2.75) is 25.2 Å². The van der Waals surface area contributed by atoms with Crippen molar-refractivity contribution >= 4 is 21.4 Å². The Morgan fingerprint density at radius 1 is 1.30 bits per heavy atom. The quantitative estimate of drug-likeness (QED) is 0.846. The van der Waals surface area contributed by atoms with Crippen molar-refractivity contribution in [3.8, 4) is 6.07 Å². The van der Waals surface area contributed by atoms with Crippen molar-refractivity contribution in [2.75, 3.05) is 32.7 Å². The third-order valence-corrected chi connectivity index (χ3v) is 6.60. The first kappa shape index (κ1) is 15.4. The van der Waals surface area contributed by atoms with E-state index in [9.17, 15) is 8.42 Å². The van der Waals surface area contributed by atoms with E-state index in [1.807, 2.05) is 13.8 Å². The van der Waals surface area contributed by atoms with Gasteiger partial charge in [-0.1, -0.05) is 0 Å². The Morgan fingerprint density at radius 2 is 1.95 bits per heavy atom. The van der Waals surface area contributed by atoms with Crippen LogP contribution in [0.4, 0.5) is 0 Å². The number of nitrogens with zero attached hydrogens (tertiary/aromatic N) is 3. The molecule has 2 rings (SSSR count). The van der Waals surface area contributed by atoms with E-state index in [2.05, 4.69) is 11.0 Å². The number of rotatable bonds is 4. The highest BCUT2D eigenvalue weighted by Gasteiger charge is 2.30. The fourth-order valence-corrected chi connectivity index (χ4v) is 5.35. The number of hydrogen-bond acceptors (Lipinski definition) is 5. The number of aryl methyl sites for hydroxylation is 2. The smallest absolute Gasteiger partial charge is 0.244 e. The maximum atomic E-state index is 12.6. The minimum Gasteiger partial charge on any atom is -0.300 e. The van der Waals surface area contributed by atoms with Gasteiger partial charge in [0.05, 0.1) is 11.0 Å². The van der Waals surface area contributed by atoms with Gasteiger partial charge in [-0.15, -0.1) is 11.3 Å². The molecule has 20 heavy (non-hydrogen) atoms. The van der Waals surface area contributed by atoms with E-state index in [-0.39, 0.29) is 0 Å². The van der Waals surface area contributed by atoms with Crippen molar-refractivity contribution < 1.29 is 8.42 Å². The van der Waals surface area contributed by atoms with E-state index in [1.165, 1.54) is 11.3 Å². The topological polar surface area (TPSA) is 64.4 Å². The van der Waals surface area contributed by atoms with E-state index < -0.39 is 10.0 Å². The highest BCUT2D eigenvalue weighted by molar-refractivity contribution is 7.89. The van der Waals surface area contributed by atoms with Crippen LogP contribution in [-0.4, -0.2) is 50.3 Å². The zero-order valence-corrected chi connectivity index (χ0v) is 13.4. The van der Waals surface area contributed by atoms with Crippen LogP contribution in [0.1, 0.15) is 16.2 Å². The van der Waals surface area contributed by atoms with E-state index in [4.69, 9.17) is 5.26 Å². The lowest BCUT2D eigenvalue weighted by molar-refractivity contribution is 0.191. The van der Waals surface area contributed by atoms with Crippen LogP contribution in [-0.2, 0) is 10.0 Å². The summed E-state index contributed by atoms with van der Waals surface area (Å²) in [6.45, 7) is 6.90. The molecule has 1 aliphatic rings. The van der Waals surface area contributed by atoms with Crippen LogP contribution in [0, 0.1) is 25.2 Å². The molecule has 1 aromatic heterocycles. The molecule has 0 spiro atoms. The third kappa shape index (κ3) is 3.20. The molecule has 1 fully saturated rings. The van der Waals surface area contributed by atoms with Crippen molar-refractivity contribution in [2.24, 2.45) is 0 Å². The van der Waals surface area contributed by atoms with Crippen LogP contribution in [0.25, 0.3) is 0 Å². The summed E-state index contributed by atoms with van der Waals surface area (Å²) in [6, 6.07) is 3.88. The second kappa shape index (κ2) is 6.22. The Morgan fingerprint density at radius 3 is 2.45 bits per heavy atom. The Balaban J connectivity index is 2.06. The van der Waals surface area contributed by atoms with Crippen LogP contribution in [0.5, 0.6) is 0 Å². The first-order chi connectivity index (χ1) is 9.45. The second-order valence-corrected chi connectivity index (χ2v) is 8.30. The number of nitriles is 1. The van der Waals surface area contributed by atoms with Crippen molar-refractivity contribution in [1.29, 1.82) is 5.26 Å². The lowest BCUT2D eigenvalue weighted by atomic mass is 10.3. The van der Waals surface area contributed by atoms with Gasteiger partial charge in [0.2, 0.25) is 10.0 Å². The second-order valence-electron chi connectivity index (χ2n) is 4.93. The molecule has 0 aliphatic carbocycles. The van der Waals surface area contributed by atoms with Crippen LogP contribution >= 0.6 is 11.3 Å². The summed E-state index contributed by atoms with van der Waals surface area (Å²) in [4.78, 5) is 4.47. The molecule has 0 radical (unpaired) electrons. The van der Waals surface area contributed by atoms with Gasteiger partial charge in [-0.05, 0) is 19.9 Å². The Hall–Kier alpha value is -0.940. The molecule has 0 atom stereocenters. The van der Waals surface area contributed by atoms with Crippen LogP contribution in [0.2, 0.25) is 0 Å². The summed E-state index contributed by atoms with van der Waals surface area (Å²) in [5.41, 5.74) is 0. The average Bonchev–Trinajstić information content (AvgIpc) is 2.76. The molecule has 0 bridgehead atoms. The van der Waals surface area contributed by atoms with Crippen LogP contribution in [0.3, 0.4) is 0 Å². The zero-order chi connectivity index (χ0) is 14.8. The summed E-state index contributed by atoms with van der Waals surface area (Å²) in [5.74, 6) is 0. The molecule has 0 aromatic carbocycles. The maximum absolute atomic E-state index is 12.6. The minimum atomic E-state index is -3.36. The molecule has 5 nitrogen and oxygen atoms in total. The molecule has 0 saturated carbocycles. The van der Waals surface area contributed by atoms with Gasteiger partial charge >= 0.3 is 0 Å². The molecular formula is C13H19N3O2S2. The van der Waals surface area contributed by atoms with Gasteiger partial charge in [0, 0.05) is 48.9 Å². The first-order valence-corrected chi connectivity index (χ1v) is 8.87. The SMILES string of the molecule is Cc1cc(S(=O)(=O)N2CCN(CCC#N)CC2)c(C)s1. The molecule has 110 valence electrons. The van der Waals surface area contributed by atoms with Gasteiger partial charge in [-0.2, -0.15) is 9.57 Å². The molecule has 0 amide bonds. The Labute approximate surface area is 124 Å². The summed E-state index contributed by atoms with van der Waals surface area (Å²) in [7, 11) is -3.36. The van der Waals surface area contributed by atoms with E-state index in [0.717, 1.165) is 16.3 Å². The Bertz CT molecular complexity index is 608. The average molecular weight is 313 g/mol. The maximum Gasteiger partial charge on any atom is 0.244 e.